The fourth-order valence-corrected chi connectivity index (χ4v) is 9.74. The van der Waals surface area contributed by atoms with Crippen molar-refractivity contribution in [1.29, 1.82) is 0 Å². The fourth-order valence-electron chi connectivity index (χ4n) is 8.16. The van der Waals surface area contributed by atoms with Crippen LogP contribution in [0.25, 0.3) is 66.7 Å². The molecule has 1 fully saturated rings. The minimum atomic E-state index is -1.64. The van der Waals surface area contributed by atoms with E-state index in [0.29, 0.717) is 5.56 Å². The van der Waals surface area contributed by atoms with Gasteiger partial charge >= 0.3 is 0 Å². The predicted molar refractivity (Wildman–Crippen MR) is 243 cm³/mol. The molecule has 3 heterocycles. The molecule has 0 bridgehead atoms. The Balaban J connectivity index is 0.000000182. The molecule has 1 aliphatic carbocycles. The summed E-state index contributed by atoms with van der Waals surface area (Å²) < 4.78 is 30.9. The molecule has 3 aromatic heterocycles. The van der Waals surface area contributed by atoms with Crippen molar-refractivity contribution < 1.29 is 28.6 Å². The Morgan fingerprint density at radius 2 is 1.53 bits per heavy atom. The third-order valence-electron chi connectivity index (χ3n) is 11.2. The largest absolute Gasteiger partial charge is 0.501 e. The van der Waals surface area contributed by atoms with Gasteiger partial charge in [0.05, 0.1) is 13.7 Å². The standard InChI is InChI=1S/C29H24NO.C24H28NSi.Ir/c1-2-9-22(10-3-1)23-13-14-24-25-11-6-12-26(29(25)31-28(24)19-23)27-18-21(15-16-30-27)17-20-7-4-5-8-20;1-17(2)21-15-23(25-16-24(21)26(4,5)6)20-13-12-18(3)22(14-20)19-10-8-7-9-11-19;/h1-3,6,9-11,13-16,18-20H,4-5,7-8,17H2;7-12,14-17H,1-6H3;/q2*-1;/i;3D2,17D;. The molecule has 3 nitrogen and oxygen atoms in total. The SMILES string of the molecule is [2H]C([2H])c1c[c-]c(-c2cc(C([2H])(C)C)c([Si](C)(C)C)cn2)cc1-c1ccccc1.[Ir].[c-]1ccc2c(oc3cc(-c4ccccc4)ccc32)c1-c1cc(CC2CCCC2)ccn1. The van der Waals surface area contributed by atoms with Gasteiger partial charge in [-0.2, -0.15) is 0 Å². The summed E-state index contributed by atoms with van der Waals surface area (Å²) in [7, 11) is -1.64. The van der Waals surface area contributed by atoms with Crippen LogP contribution in [0.3, 0.4) is 0 Å². The second kappa shape index (κ2) is 17.9. The van der Waals surface area contributed by atoms with Crippen LogP contribution < -0.4 is 5.19 Å². The molecular weight excluding hydrogens is 901 g/mol. The minimum absolute atomic E-state index is 0. The molecular formula is C53H52IrN2OSi-2. The van der Waals surface area contributed by atoms with E-state index in [1.54, 1.807) is 6.07 Å². The first kappa shape index (κ1) is 37.3. The molecule has 0 spiro atoms. The van der Waals surface area contributed by atoms with Gasteiger partial charge in [-0.25, -0.2) is 0 Å². The molecule has 5 aromatic carbocycles. The van der Waals surface area contributed by atoms with E-state index in [0.717, 1.165) is 79.0 Å². The van der Waals surface area contributed by atoms with Gasteiger partial charge in [-0.15, -0.1) is 47.5 Å². The molecule has 1 saturated carbocycles. The molecule has 5 heteroatoms. The number of nitrogens with zero attached hydrogens (tertiary/aromatic N) is 2. The Labute approximate surface area is 363 Å². The smallest absolute Gasteiger partial charge is 0.121 e. The molecule has 0 aliphatic heterocycles. The maximum Gasteiger partial charge on any atom is 0.121 e. The van der Waals surface area contributed by atoms with Crippen LogP contribution in [0, 0.1) is 24.9 Å². The zero-order valence-corrected chi connectivity index (χ0v) is 37.4. The Bertz CT molecular complexity index is 2750. The van der Waals surface area contributed by atoms with Crippen molar-refractivity contribution in [2.45, 2.75) is 78.4 Å². The number of hydrogen-bond acceptors (Lipinski definition) is 3. The zero-order valence-electron chi connectivity index (χ0n) is 37.0. The van der Waals surface area contributed by atoms with Gasteiger partial charge in [-0.1, -0.05) is 179 Å². The van der Waals surface area contributed by atoms with E-state index in [9.17, 15) is 0 Å². The third kappa shape index (κ3) is 9.03. The molecule has 1 aliphatic rings. The summed E-state index contributed by atoms with van der Waals surface area (Å²) in [6.45, 7) is 9.58. The molecule has 58 heavy (non-hydrogen) atoms. The molecule has 295 valence electrons. The van der Waals surface area contributed by atoms with Crippen molar-refractivity contribution in [3.8, 4) is 44.8 Å². The van der Waals surface area contributed by atoms with Gasteiger partial charge in [0.2, 0.25) is 0 Å². The van der Waals surface area contributed by atoms with Gasteiger partial charge in [0.1, 0.15) is 5.58 Å². The van der Waals surface area contributed by atoms with E-state index in [1.807, 2.05) is 80.8 Å². The van der Waals surface area contributed by atoms with Gasteiger partial charge in [0.25, 0.3) is 0 Å². The number of furan rings is 1. The Kier molecular flexibility index (Phi) is 11.5. The maximum absolute atomic E-state index is 8.65. The van der Waals surface area contributed by atoms with E-state index >= 15 is 0 Å². The second-order valence-electron chi connectivity index (χ2n) is 16.6. The molecule has 0 amide bonds. The number of pyridine rings is 2. The van der Waals surface area contributed by atoms with Crippen LogP contribution in [0.15, 0.2) is 138 Å². The predicted octanol–water partition coefficient (Wildman–Crippen LogP) is 14.0. The first-order chi connectivity index (χ1) is 28.8. The normalized spacial score (nSPS) is 14.1. The third-order valence-corrected chi connectivity index (χ3v) is 13.2. The van der Waals surface area contributed by atoms with Gasteiger partial charge < -0.3 is 14.4 Å². The van der Waals surface area contributed by atoms with Crippen LogP contribution in [-0.4, -0.2) is 18.0 Å². The summed E-state index contributed by atoms with van der Waals surface area (Å²) in [5, 5.41) is 3.46. The van der Waals surface area contributed by atoms with E-state index in [1.165, 1.54) is 42.0 Å². The van der Waals surface area contributed by atoms with Gasteiger partial charge in [0, 0.05) is 42.0 Å². The van der Waals surface area contributed by atoms with E-state index in [-0.39, 0.29) is 20.1 Å². The average molecular weight is 956 g/mol. The molecule has 0 unspecified atom stereocenters. The number of fused-ring (bicyclic) bond motifs is 3. The van der Waals surface area contributed by atoms with Gasteiger partial charge in [-0.3, -0.25) is 0 Å². The van der Waals surface area contributed by atoms with Crippen LogP contribution in [0.2, 0.25) is 19.6 Å². The van der Waals surface area contributed by atoms with Gasteiger partial charge in [-0.05, 0) is 63.6 Å². The monoisotopic (exact) mass is 956 g/mol. The molecule has 9 rings (SSSR count). The topological polar surface area (TPSA) is 38.9 Å². The molecule has 0 saturated heterocycles. The molecule has 0 N–H and O–H groups in total. The number of rotatable bonds is 8. The molecule has 1 radical (unpaired) electrons. The van der Waals surface area contributed by atoms with Crippen molar-refractivity contribution in [3.05, 3.63) is 163 Å². The van der Waals surface area contributed by atoms with Crippen LogP contribution in [0.5, 0.6) is 0 Å². The van der Waals surface area contributed by atoms with E-state index in [2.05, 4.69) is 97.4 Å². The summed E-state index contributed by atoms with van der Waals surface area (Å²) in [6.07, 6.45) is 10.5. The summed E-state index contributed by atoms with van der Waals surface area (Å²) >= 11 is 0. The summed E-state index contributed by atoms with van der Waals surface area (Å²) in [6, 6.07) is 47.6. The van der Waals surface area contributed by atoms with Crippen molar-refractivity contribution in [1.82, 2.24) is 9.97 Å². The average Bonchev–Trinajstić information content (AvgIpc) is 3.91. The Morgan fingerprint density at radius 1 is 0.793 bits per heavy atom. The van der Waals surface area contributed by atoms with Crippen molar-refractivity contribution in [2.75, 3.05) is 0 Å². The maximum atomic E-state index is 8.65. The van der Waals surface area contributed by atoms with Crippen LogP contribution in [0.1, 0.15) is 66.2 Å². The second-order valence-corrected chi connectivity index (χ2v) is 21.7. The number of aromatic nitrogens is 2. The minimum Gasteiger partial charge on any atom is -0.501 e. The number of aryl methyl sites for hydroxylation is 1. The molecule has 0 atom stereocenters. The first-order valence-corrected chi connectivity index (χ1v) is 23.7. The van der Waals surface area contributed by atoms with E-state index in [4.69, 9.17) is 13.5 Å². The number of hydrogen-bond donors (Lipinski definition) is 0. The Hall–Kier alpha value is -4.93. The van der Waals surface area contributed by atoms with Crippen LogP contribution >= 0.6 is 0 Å². The molecule has 8 aromatic rings. The van der Waals surface area contributed by atoms with Crippen LogP contribution in [0.4, 0.5) is 0 Å². The van der Waals surface area contributed by atoms with Crippen LogP contribution in [-0.2, 0) is 26.5 Å². The number of benzene rings is 5. The quantitative estimate of drug-likeness (QED) is 0.113. The fraction of sp³-hybridized carbons (Fsp3) is 0.245. The Morgan fingerprint density at radius 3 is 2.24 bits per heavy atom. The van der Waals surface area contributed by atoms with Crippen molar-refractivity contribution in [2.24, 2.45) is 5.92 Å². The first-order valence-electron chi connectivity index (χ1n) is 21.8. The van der Waals surface area contributed by atoms with E-state index < -0.39 is 20.8 Å². The summed E-state index contributed by atoms with van der Waals surface area (Å²) in [4.78, 5) is 9.40. The summed E-state index contributed by atoms with van der Waals surface area (Å²) in [5.74, 6) is 0.0980. The van der Waals surface area contributed by atoms with Crippen molar-refractivity contribution >= 4 is 35.2 Å². The van der Waals surface area contributed by atoms with Crippen molar-refractivity contribution in [3.63, 3.8) is 0 Å². The zero-order chi connectivity index (χ0) is 42.0. The van der Waals surface area contributed by atoms with Gasteiger partial charge in [0.15, 0.2) is 0 Å². The summed E-state index contributed by atoms with van der Waals surface area (Å²) in [5.41, 5.74) is 12.5.